The van der Waals surface area contributed by atoms with Gasteiger partial charge in [-0.2, -0.15) is 0 Å². The molecule has 23 heavy (non-hydrogen) atoms. The maximum Gasteiger partial charge on any atom is 0.274 e. The van der Waals surface area contributed by atoms with Crippen molar-refractivity contribution in [1.82, 2.24) is 0 Å². The highest BCUT2D eigenvalue weighted by atomic mass is 16.6. The summed E-state index contributed by atoms with van der Waals surface area (Å²) in [6, 6.07) is 10.9. The van der Waals surface area contributed by atoms with Gasteiger partial charge in [-0.05, 0) is 31.2 Å². The second kappa shape index (κ2) is 6.69. The Morgan fingerprint density at radius 3 is 2.43 bits per heavy atom. The first-order valence-corrected chi connectivity index (χ1v) is 6.81. The van der Waals surface area contributed by atoms with Crippen molar-refractivity contribution in [3.05, 3.63) is 63.7 Å². The Labute approximate surface area is 132 Å². The smallest absolute Gasteiger partial charge is 0.274 e. The van der Waals surface area contributed by atoms with E-state index in [1.165, 1.54) is 25.1 Å². The average Bonchev–Trinajstić information content (AvgIpc) is 2.48. The topological polar surface area (TPSA) is 101 Å². The summed E-state index contributed by atoms with van der Waals surface area (Å²) in [7, 11) is 0. The van der Waals surface area contributed by atoms with Crippen LogP contribution in [0.25, 0.3) is 0 Å². The normalized spacial score (nSPS) is 10.0. The number of carbonyl (C=O) groups is 2. The molecule has 0 heterocycles. The van der Waals surface area contributed by atoms with Crippen LogP contribution in [0.3, 0.4) is 0 Å². The van der Waals surface area contributed by atoms with Gasteiger partial charge in [-0.1, -0.05) is 12.1 Å². The van der Waals surface area contributed by atoms with Crippen molar-refractivity contribution in [2.45, 2.75) is 13.8 Å². The second-order valence-corrected chi connectivity index (χ2v) is 4.92. The number of nitrogens with one attached hydrogen (secondary N) is 2. The minimum absolute atomic E-state index is 0.0604. The van der Waals surface area contributed by atoms with E-state index < -0.39 is 10.8 Å². The molecule has 2 N–H and O–H groups in total. The Morgan fingerprint density at radius 2 is 1.78 bits per heavy atom. The van der Waals surface area contributed by atoms with Gasteiger partial charge in [0, 0.05) is 24.2 Å². The molecule has 7 heteroatoms. The molecule has 0 aliphatic heterocycles. The number of rotatable bonds is 4. The summed E-state index contributed by atoms with van der Waals surface area (Å²) in [6.45, 7) is 2.95. The number of hydrogen-bond donors (Lipinski definition) is 2. The molecule has 2 aromatic rings. The molecule has 2 rings (SSSR count). The third-order valence-electron chi connectivity index (χ3n) is 3.20. The fourth-order valence-corrected chi connectivity index (χ4v) is 2.09. The van der Waals surface area contributed by atoms with Gasteiger partial charge in [0.15, 0.2) is 0 Å². The van der Waals surface area contributed by atoms with Gasteiger partial charge in [0.25, 0.3) is 11.6 Å². The van der Waals surface area contributed by atoms with E-state index in [4.69, 9.17) is 0 Å². The monoisotopic (exact) mass is 313 g/mol. The Hall–Kier alpha value is -3.22. The molecule has 0 aliphatic rings. The Kier molecular flexibility index (Phi) is 4.70. The van der Waals surface area contributed by atoms with Crippen LogP contribution in [0.1, 0.15) is 22.8 Å². The molecule has 2 aromatic carbocycles. The highest BCUT2D eigenvalue weighted by Crippen LogP contribution is 2.25. The van der Waals surface area contributed by atoms with Gasteiger partial charge in [-0.25, -0.2) is 0 Å². The Balaban J connectivity index is 2.24. The van der Waals surface area contributed by atoms with Crippen molar-refractivity contribution >= 4 is 28.9 Å². The molecule has 0 aliphatic carbocycles. The fourth-order valence-electron chi connectivity index (χ4n) is 2.09. The highest BCUT2D eigenvalue weighted by molar-refractivity contribution is 6.05. The van der Waals surface area contributed by atoms with Crippen molar-refractivity contribution in [3.63, 3.8) is 0 Å². The van der Waals surface area contributed by atoms with E-state index in [0.29, 0.717) is 22.5 Å². The van der Waals surface area contributed by atoms with Gasteiger partial charge in [-0.15, -0.1) is 0 Å². The number of hydrogen-bond acceptors (Lipinski definition) is 4. The molecule has 0 fully saturated rings. The number of anilines is 2. The van der Waals surface area contributed by atoms with E-state index in [-0.39, 0.29) is 11.6 Å². The first kappa shape index (κ1) is 16.2. The summed E-state index contributed by atoms with van der Waals surface area (Å²) >= 11 is 0. The molecule has 0 saturated heterocycles. The van der Waals surface area contributed by atoms with Gasteiger partial charge in [-0.3, -0.25) is 19.7 Å². The summed E-state index contributed by atoms with van der Waals surface area (Å²) in [5, 5.41) is 16.2. The number of nitrogens with zero attached hydrogens (tertiary/aromatic N) is 1. The minimum Gasteiger partial charge on any atom is -0.326 e. The molecular weight excluding hydrogens is 298 g/mol. The van der Waals surface area contributed by atoms with Crippen LogP contribution in [0.4, 0.5) is 17.1 Å². The van der Waals surface area contributed by atoms with Crippen LogP contribution < -0.4 is 10.6 Å². The number of nitro groups is 1. The van der Waals surface area contributed by atoms with Crippen LogP contribution in [0.2, 0.25) is 0 Å². The van der Waals surface area contributed by atoms with Crippen LogP contribution in [-0.4, -0.2) is 16.7 Å². The fraction of sp³-hybridized carbons (Fsp3) is 0.125. The summed E-state index contributed by atoms with van der Waals surface area (Å²) in [5.74, 6) is -0.655. The molecule has 0 atom stereocenters. The Morgan fingerprint density at radius 1 is 1.09 bits per heavy atom. The molecule has 0 bridgehead atoms. The van der Waals surface area contributed by atoms with E-state index in [1.54, 1.807) is 31.2 Å². The molecular formula is C16H15N3O4. The van der Waals surface area contributed by atoms with Gasteiger partial charge in [0.1, 0.15) is 0 Å². The van der Waals surface area contributed by atoms with E-state index in [0.717, 1.165) is 0 Å². The predicted octanol–water partition coefficient (Wildman–Crippen LogP) is 3.11. The summed E-state index contributed by atoms with van der Waals surface area (Å²) < 4.78 is 0. The van der Waals surface area contributed by atoms with E-state index in [9.17, 15) is 19.7 Å². The molecule has 0 unspecified atom stereocenters. The van der Waals surface area contributed by atoms with E-state index in [2.05, 4.69) is 10.6 Å². The van der Waals surface area contributed by atoms with Crippen molar-refractivity contribution in [2.75, 3.05) is 10.6 Å². The zero-order chi connectivity index (χ0) is 17.0. The van der Waals surface area contributed by atoms with Crippen molar-refractivity contribution < 1.29 is 14.5 Å². The van der Waals surface area contributed by atoms with Crippen LogP contribution in [0.15, 0.2) is 42.5 Å². The van der Waals surface area contributed by atoms with Crippen LogP contribution in [0.5, 0.6) is 0 Å². The van der Waals surface area contributed by atoms with E-state index in [1.807, 2.05) is 0 Å². The number of nitro benzene ring substituents is 1. The van der Waals surface area contributed by atoms with Crippen LogP contribution in [0, 0.1) is 17.0 Å². The van der Waals surface area contributed by atoms with Crippen molar-refractivity contribution in [1.29, 1.82) is 0 Å². The van der Waals surface area contributed by atoms with Crippen LogP contribution >= 0.6 is 0 Å². The number of benzene rings is 2. The second-order valence-electron chi connectivity index (χ2n) is 4.92. The molecule has 0 aromatic heterocycles. The zero-order valence-electron chi connectivity index (χ0n) is 12.6. The van der Waals surface area contributed by atoms with Gasteiger partial charge in [0.2, 0.25) is 5.91 Å². The predicted molar refractivity (Wildman–Crippen MR) is 86.5 cm³/mol. The maximum atomic E-state index is 12.3. The summed E-state index contributed by atoms with van der Waals surface area (Å²) in [4.78, 5) is 33.8. The average molecular weight is 313 g/mol. The SMILES string of the molecule is CC(=O)Nc1cccc(C(=O)Nc2cccc([N+](=O)[O-])c2C)c1. The number of amides is 2. The summed E-state index contributed by atoms with van der Waals surface area (Å²) in [5.41, 5.74) is 1.52. The zero-order valence-corrected chi connectivity index (χ0v) is 12.6. The lowest BCUT2D eigenvalue weighted by atomic mass is 10.1. The van der Waals surface area contributed by atoms with Crippen molar-refractivity contribution in [3.8, 4) is 0 Å². The van der Waals surface area contributed by atoms with E-state index >= 15 is 0 Å². The highest BCUT2D eigenvalue weighted by Gasteiger charge is 2.15. The molecule has 2 amide bonds. The largest absolute Gasteiger partial charge is 0.326 e. The molecule has 0 spiro atoms. The molecule has 0 radical (unpaired) electrons. The van der Waals surface area contributed by atoms with Crippen molar-refractivity contribution in [2.24, 2.45) is 0 Å². The first-order chi connectivity index (χ1) is 10.9. The first-order valence-electron chi connectivity index (χ1n) is 6.81. The molecule has 118 valence electrons. The number of carbonyl (C=O) groups excluding carboxylic acids is 2. The van der Waals surface area contributed by atoms with Gasteiger partial charge >= 0.3 is 0 Å². The quantitative estimate of drug-likeness (QED) is 0.668. The third kappa shape index (κ3) is 3.91. The lowest BCUT2D eigenvalue weighted by Crippen LogP contribution is -2.14. The Bertz CT molecular complexity index is 787. The van der Waals surface area contributed by atoms with Gasteiger partial charge in [0.05, 0.1) is 16.2 Å². The molecule has 0 saturated carbocycles. The lowest BCUT2D eigenvalue weighted by molar-refractivity contribution is -0.385. The lowest BCUT2D eigenvalue weighted by Gasteiger charge is -2.09. The standard InChI is InChI=1S/C16H15N3O4/c1-10-14(7-4-8-15(10)19(22)23)18-16(21)12-5-3-6-13(9-12)17-11(2)20/h3-9H,1-2H3,(H,17,20)(H,18,21). The van der Waals surface area contributed by atoms with Crippen LogP contribution in [-0.2, 0) is 4.79 Å². The summed E-state index contributed by atoms with van der Waals surface area (Å²) in [6.07, 6.45) is 0. The molecule has 7 nitrogen and oxygen atoms in total. The maximum absolute atomic E-state index is 12.3. The third-order valence-corrected chi connectivity index (χ3v) is 3.20. The van der Waals surface area contributed by atoms with Gasteiger partial charge < -0.3 is 10.6 Å². The minimum atomic E-state index is -0.498.